The number of anilines is 1. The number of nitrogens with one attached hydrogen (secondary N) is 2. The number of benzene rings is 1. The summed E-state index contributed by atoms with van der Waals surface area (Å²) in [4.78, 5) is 0.0184. The van der Waals surface area contributed by atoms with Crippen molar-refractivity contribution >= 4 is 31.6 Å². The molecule has 21 heavy (non-hydrogen) atoms. The highest BCUT2D eigenvalue weighted by Crippen LogP contribution is 2.27. The standard InChI is InChI=1S/C12H14BrFN4O2S/c1-6-3-9(14)8(13)4-10(6)18-21(19,20)12-7(2)16-17-11(12)5-15/h3-4,18H,5,15H2,1-2H3,(H,16,17). The highest BCUT2D eigenvalue weighted by atomic mass is 79.9. The van der Waals surface area contributed by atoms with Crippen LogP contribution in [-0.4, -0.2) is 18.6 Å². The van der Waals surface area contributed by atoms with Crippen LogP contribution in [0.3, 0.4) is 0 Å². The Labute approximate surface area is 130 Å². The summed E-state index contributed by atoms with van der Waals surface area (Å²) in [5.74, 6) is -0.461. The minimum atomic E-state index is -3.86. The summed E-state index contributed by atoms with van der Waals surface area (Å²) in [5, 5.41) is 6.45. The van der Waals surface area contributed by atoms with Gasteiger partial charge in [0.05, 0.1) is 21.5 Å². The van der Waals surface area contributed by atoms with Gasteiger partial charge in [-0.3, -0.25) is 9.82 Å². The molecule has 0 spiro atoms. The molecule has 9 heteroatoms. The van der Waals surface area contributed by atoms with Gasteiger partial charge >= 0.3 is 0 Å². The SMILES string of the molecule is Cc1cc(F)c(Br)cc1NS(=O)(=O)c1c(CN)n[nH]c1C. The van der Waals surface area contributed by atoms with Gasteiger partial charge in [-0.1, -0.05) is 0 Å². The van der Waals surface area contributed by atoms with Crippen LogP contribution in [-0.2, 0) is 16.6 Å². The first-order valence-electron chi connectivity index (χ1n) is 5.98. The summed E-state index contributed by atoms with van der Waals surface area (Å²) in [6.07, 6.45) is 0. The zero-order valence-electron chi connectivity index (χ0n) is 11.4. The van der Waals surface area contributed by atoms with Gasteiger partial charge in [0.15, 0.2) is 0 Å². The Morgan fingerprint density at radius 2 is 2.10 bits per heavy atom. The Morgan fingerprint density at radius 3 is 2.71 bits per heavy atom. The van der Waals surface area contributed by atoms with E-state index in [0.717, 1.165) is 0 Å². The quantitative estimate of drug-likeness (QED) is 0.760. The molecule has 1 aromatic heterocycles. The number of nitrogens with two attached hydrogens (primary N) is 1. The van der Waals surface area contributed by atoms with Crippen molar-refractivity contribution in [2.24, 2.45) is 5.73 Å². The molecule has 0 radical (unpaired) electrons. The van der Waals surface area contributed by atoms with Crippen LogP contribution in [0.4, 0.5) is 10.1 Å². The normalized spacial score (nSPS) is 11.7. The number of hydrogen-bond donors (Lipinski definition) is 3. The van der Waals surface area contributed by atoms with Crippen LogP contribution >= 0.6 is 15.9 Å². The number of halogens is 2. The third kappa shape index (κ3) is 3.09. The van der Waals surface area contributed by atoms with Gasteiger partial charge in [-0.2, -0.15) is 5.10 Å². The molecule has 2 aromatic rings. The highest BCUT2D eigenvalue weighted by molar-refractivity contribution is 9.10. The van der Waals surface area contributed by atoms with Crippen molar-refractivity contribution in [2.75, 3.05) is 4.72 Å². The lowest BCUT2D eigenvalue weighted by molar-refractivity contribution is 0.599. The third-order valence-electron chi connectivity index (χ3n) is 2.93. The van der Waals surface area contributed by atoms with Crippen LogP contribution < -0.4 is 10.5 Å². The van der Waals surface area contributed by atoms with Gasteiger partial charge < -0.3 is 5.73 Å². The van der Waals surface area contributed by atoms with Gasteiger partial charge in [-0.25, -0.2) is 12.8 Å². The van der Waals surface area contributed by atoms with E-state index in [9.17, 15) is 12.8 Å². The van der Waals surface area contributed by atoms with Crippen LogP contribution in [0.5, 0.6) is 0 Å². The van der Waals surface area contributed by atoms with Crippen molar-refractivity contribution in [2.45, 2.75) is 25.3 Å². The van der Waals surface area contributed by atoms with Crippen molar-refractivity contribution in [3.05, 3.63) is 39.4 Å². The van der Waals surface area contributed by atoms with Crippen LogP contribution in [0.15, 0.2) is 21.5 Å². The summed E-state index contributed by atoms with van der Waals surface area (Å²) in [5.41, 5.74) is 6.89. The predicted octanol–water partition coefficient (Wildman–Crippen LogP) is 2.19. The fourth-order valence-electron chi connectivity index (χ4n) is 1.92. The second kappa shape index (κ2) is 5.74. The van der Waals surface area contributed by atoms with E-state index in [0.29, 0.717) is 11.3 Å². The van der Waals surface area contributed by atoms with Gasteiger partial charge in [0, 0.05) is 6.54 Å². The molecule has 0 saturated heterocycles. The van der Waals surface area contributed by atoms with Crippen LogP contribution in [0.1, 0.15) is 17.0 Å². The van der Waals surface area contributed by atoms with E-state index in [1.54, 1.807) is 13.8 Å². The molecule has 1 heterocycles. The molecule has 0 saturated carbocycles. The monoisotopic (exact) mass is 376 g/mol. The first-order valence-corrected chi connectivity index (χ1v) is 8.26. The van der Waals surface area contributed by atoms with E-state index < -0.39 is 15.8 Å². The van der Waals surface area contributed by atoms with Crippen molar-refractivity contribution < 1.29 is 12.8 Å². The number of rotatable bonds is 4. The number of H-pyrrole nitrogens is 1. The predicted molar refractivity (Wildman–Crippen MR) is 80.9 cm³/mol. The zero-order chi connectivity index (χ0) is 15.8. The summed E-state index contributed by atoms with van der Waals surface area (Å²) in [6, 6.07) is 2.62. The number of sulfonamides is 1. The van der Waals surface area contributed by atoms with E-state index in [4.69, 9.17) is 5.73 Å². The smallest absolute Gasteiger partial charge is 0.265 e. The molecule has 0 aliphatic rings. The second-order valence-corrected chi connectivity index (χ2v) is 6.99. The molecule has 0 aliphatic carbocycles. The summed E-state index contributed by atoms with van der Waals surface area (Å²) in [6.45, 7) is 3.19. The lowest BCUT2D eigenvalue weighted by Crippen LogP contribution is -2.17. The van der Waals surface area contributed by atoms with Gasteiger partial charge in [-0.15, -0.1) is 0 Å². The highest BCUT2D eigenvalue weighted by Gasteiger charge is 2.24. The van der Waals surface area contributed by atoms with Crippen molar-refractivity contribution in [3.63, 3.8) is 0 Å². The van der Waals surface area contributed by atoms with Crippen LogP contribution in [0.2, 0.25) is 0 Å². The molecule has 2 rings (SSSR count). The van der Waals surface area contributed by atoms with Gasteiger partial charge in [0.1, 0.15) is 10.7 Å². The molecule has 4 N–H and O–H groups in total. The van der Waals surface area contributed by atoms with Gasteiger partial charge in [-0.05, 0) is 47.5 Å². The fraction of sp³-hybridized carbons (Fsp3) is 0.250. The molecular weight excluding hydrogens is 363 g/mol. The molecule has 0 amide bonds. The van der Waals surface area contributed by atoms with E-state index >= 15 is 0 Å². The Bertz CT molecular complexity index is 789. The second-order valence-electron chi connectivity index (χ2n) is 4.52. The lowest BCUT2D eigenvalue weighted by atomic mass is 10.2. The van der Waals surface area contributed by atoms with Crippen molar-refractivity contribution in [3.8, 4) is 0 Å². The zero-order valence-corrected chi connectivity index (χ0v) is 13.8. The topological polar surface area (TPSA) is 101 Å². The first-order chi connectivity index (χ1) is 9.76. The maximum absolute atomic E-state index is 13.4. The number of nitrogens with zero attached hydrogens (tertiary/aromatic N) is 1. The molecule has 0 bridgehead atoms. The molecular formula is C12H14BrFN4O2S. The van der Waals surface area contributed by atoms with Crippen molar-refractivity contribution in [1.29, 1.82) is 0 Å². The summed E-state index contributed by atoms with van der Waals surface area (Å²) in [7, 11) is -3.86. The average molecular weight is 377 g/mol. The molecule has 0 atom stereocenters. The van der Waals surface area contributed by atoms with E-state index in [-0.39, 0.29) is 27.3 Å². The largest absolute Gasteiger partial charge is 0.325 e. The van der Waals surface area contributed by atoms with Crippen LogP contribution in [0.25, 0.3) is 0 Å². The minimum Gasteiger partial charge on any atom is -0.325 e. The number of aryl methyl sites for hydroxylation is 2. The molecule has 0 aliphatic heterocycles. The molecule has 0 fully saturated rings. The summed E-state index contributed by atoms with van der Waals surface area (Å²) < 4.78 is 41.0. The van der Waals surface area contributed by atoms with E-state index in [1.165, 1.54) is 12.1 Å². The van der Waals surface area contributed by atoms with E-state index in [1.807, 2.05) is 0 Å². The van der Waals surface area contributed by atoms with E-state index in [2.05, 4.69) is 30.8 Å². The maximum Gasteiger partial charge on any atom is 0.265 e. The molecule has 6 nitrogen and oxygen atoms in total. The Morgan fingerprint density at radius 1 is 1.43 bits per heavy atom. The van der Waals surface area contributed by atoms with Gasteiger partial charge in [0.2, 0.25) is 0 Å². The Hall–Kier alpha value is -1.45. The van der Waals surface area contributed by atoms with Gasteiger partial charge in [0.25, 0.3) is 10.0 Å². The fourth-order valence-corrected chi connectivity index (χ4v) is 3.76. The first kappa shape index (κ1) is 15.9. The third-order valence-corrected chi connectivity index (χ3v) is 5.11. The minimum absolute atomic E-state index is 0.00726. The number of hydrogen-bond acceptors (Lipinski definition) is 4. The summed E-state index contributed by atoms with van der Waals surface area (Å²) >= 11 is 3.03. The number of aromatic nitrogens is 2. The molecule has 0 unspecified atom stereocenters. The Balaban J connectivity index is 2.47. The Kier molecular flexibility index (Phi) is 4.35. The lowest BCUT2D eigenvalue weighted by Gasteiger charge is -2.12. The average Bonchev–Trinajstić information content (AvgIpc) is 2.77. The van der Waals surface area contributed by atoms with Crippen molar-refractivity contribution in [1.82, 2.24) is 10.2 Å². The molecule has 1 aromatic carbocycles. The maximum atomic E-state index is 13.4. The number of aromatic amines is 1. The van der Waals surface area contributed by atoms with Crippen LogP contribution in [0, 0.1) is 19.7 Å². The molecule has 114 valence electrons.